The van der Waals surface area contributed by atoms with Crippen molar-refractivity contribution < 1.29 is 9.53 Å². The monoisotopic (exact) mass is 437 g/mol. The maximum absolute atomic E-state index is 12.0. The van der Waals surface area contributed by atoms with Crippen molar-refractivity contribution in [2.24, 2.45) is 0 Å². The van der Waals surface area contributed by atoms with Gasteiger partial charge in [0.15, 0.2) is 5.82 Å². The lowest BCUT2D eigenvalue weighted by atomic mass is 10.2. The van der Waals surface area contributed by atoms with Crippen LogP contribution in [-0.4, -0.2) is 63.5 Å². The minimum Gasteiger partial charge on any atom is -0.450 e. The zero-order valence-corrected chi connectivity index (χ0v) is 18.2. The highest BCUT2D eigenvalue weighted by molar-refractivity contribution is 5.83. The fourth-order valence-corrected chi connectivity index (χ4v) is 3.85. The fraction of sp³-hybridized carbons (Fsp3) is 0.364. The summed E-state index contributed by atoms with van der Waals surface area (Å²) in [5.74, 6) is 1.14. The second kappa shape index (κ2) is 9.65. The first-order valence-electron chi connectivity index (χ1n) is 10.6. The van der Waals surface area contributed by atoms with Gasteiger partial charge >= 0.3 is 6.09 Å². The maximum Gasteiger partial charge on any atom is 0.412 e. The molecule has 0 bridgehead atoms. The topological polar surface area (TPSA) is 108 Å². The molecule has 168 valence electrons. The molecule has 0 unspecified atom stereocenters. The molecule has 0 aromatic carbocycles. The molecular formula is C22H27N7O3. The molecule has 4 heterocycles. The lowest BCUT2D eigenvalue weighted by Crippen LogP contribution is -2.46. The van der Waals surface area contributed by atoms with E-state index in [0.717, 1.165) is 48.9 Å². The predicted molar refractivity (Wildman–Crippen MR) is 121 cm³/mol. The van der Waals surface area contributed by atoms with Crippen molar-refractivity contribution in [3.8, 4) is 5.82 Å². The molecule has 1 fully saturated rings. The van der Waals surface area contributed by atoms with Crippen LogP contribution in [0.1, 0.15) is 18.2 Å². The molecule has 1 aliphatic rings. The summed E-state index contributed by atoms with van der Waals surface area (Å²) in [5, 5.41) is 6.79. The van der Waals surface area contributed by atoms with Crippen molar-refractivity contribution in [3.63, 3.8) is 0 Å². The van der Waals surface area contributed by atoms with Crippen molar-refractivity contribution in [1.82, 2.24) is 24.6 Å². The number of hydrogen-bond acceptors (Lipinski definition) is 7. The second-order valence-electron chi connectivity index (χ2n) is 7.60. The zero-order chi connectivity index (χ0) is 22.5. The number of anilines is 2. The Bertz CT molecular complexity index is 1120. The van der Waals surface area contributed by atoms with Crippen molar-refractivity contribution in [1.29, 1.82) is 0 Å². The summed E-state index contributed by atoms with van der Waals surface area (Å²) >= 11 is 0. The molecule has 4 rings (SSSR count). The Kier molecular flexibility index (Phi) is 6.50. The molecule has 10 nitrogen and oxygen atoms in total. The van der Waals surface area contributed by atoms with Gasteiger partial charge in [0.05, 0.1) is 18.0 Å². The summed E-state index contributed by atoms with van der Waals surface area (Å²) < 4.78 is 6.62. The number of nitrogens with zero attached hydrogens (tertiary/aromatic N) is 5. The van der Waals surface area contributed by atoms with E-state index in [1.807, 2.05) is 25.3 Å². The second-order valence-corrected chi connectivity index (χ2v) is 7.60. The van der Waals surface area contributed by atoms with Gasteiger partial charge in [-0.05, 0) is 43.7 Å². The van der Waals surface area contributed by atoms with Crippen LogP contribution < -0.4 is 15.8 Å². The Morgan fingerprint density at radius 2 is 2.03 bits per heavy atom. The van der Waals surface area contributed by atoms with E-state index < -0.39 is 6.09 Å². The minimum absolute atomic E-state index is 0.257. The summed E-state index contributed by atoms with van der Waals surface area (Å²) in [5.41, 5.74) is 2.68. The minimum atomic E-state index is -0.587. The van der Waals surface area contributed by atoms with Crippen molar-refractivity contribution >= 4 is 17.6 Å². The van der Waals surface area contributed by atoms with Gasteiger partial charge in [0.25, 0.3) is 0 Å². The molecule has 1 amide bonds. The Balaban J connectivity index is 1.37. The van der Waals surface area contributed by atoms with Crippen LogP contribution in [0.25, 0.3) is 5.82 Å². The smallest absolute Gasteiger partial charge is 0.412 e. The van der Waals surface area contributed by atoms with E-state index in [2.05, 4.69) is 31.3 Å². The predicted octanol–water partition coefficient (Wildman–Crippen LogP) is 2.15. The van der Waals surface area contributed by atoms with E-state index >= 15 is 0 Å². The third-order valence-electron chi connectivity index (χ3n) is 5.32. The quantitative estimate of drug-likeness (QED) is 0.608. The van der Waals surface area contributed by atoms with Crippen LogP contribution in [-0.2, 0) is 11.3 Å². The largest absolute Gasteiger partial charge is 0.450 e. The first kappa shape index (κ1) is 21.6. The molecule has 0 radical (unpaired) electrons. The molecule has 0 saturated carbocycles. The van der Waals surface area contributed by atoms with Gasteiger partial charge < -0.3 is 14.6 Å². The van der Waals surface area contributed by atoms with E-state index in [0.29, 0.717) is 12.4 Å². The number of carbonyl (C=O) groups excluding carboxylic acids is 1. The molecule has 0 atom stereocenters. The van der Waals surface area contributed by atoms with Gasteiger partial charge in [-0.3, -0.25) is 15.0 Å². The average Bonchev–Trinajstić information content (AvgIpc) is 3.29. The van der Waals surface area contributed by atoms with Gasteiger partial charge in [-0.25, -0.2) is 14.5 Å². The van der Waals surface area contributed by atoms with Gasteiger partial charge in [0.1, 0.15) is 5.82 Å². The molecule has 1 saturated heterocycles. The highest BCUT2D eigenvalue weighted by Crippen LogP contribution is 2.22. The Labute approximate surface area is 185 Å². The number of hydrogen-bond donors (Lipinski definition) is 2. The molecule has 0 aliphatic carbocycles. The highest BCUT2D eigenvalue weighted by atomic mass is 16.5. The fourth-order valence-electron chi connectivity index (χ4n) is 3.85. The zero-order valence-electron chi connectivity index (χ0n) is 18.2. The summed E-state index contributed by atoms with van der Waals surface area (Å²) in [6.45, 7) is 8.07. The molecule has 0 spiro atoms. The lowest BCUT2D eigenvalue weighted by Gasteiger charge is -2.36. The molecular weight excluding hydrogens is 410 g/mol. The summed E-state index contributed by atoms with van der Waals surface area (Å²) in [7, 11) is 0. The normalized spacial score (nSPS) is 14.4. The van der Waals surface area contributed by atoms with E-state index in [1.54, 1.807) is 29.9 Å². The third kappa shape index (κ3) is 5.14. The Morgan fingerprint density at radius 3 is 2.72 bits per heavy atom. The molecule has 3 aromatic heterocycles. The first-order valence-corrected chi connectivity index (χ1v) is 10.6. The number of ether oxygens (including phenoxy) is 1. The summed E-state index contributed by atoms with van der Waals surface area (Å²) in [6.07, 6.45) is 3.03. The van der Waals surface area contributed by atoms with Crippen molar-refractivity contribution in [2.75, 3.05) is 43.0 Å². The molecule has 3 aromatic rings. The number of nitrogens with one attached hydrogen (secondary N) is 2. The van der Waals surface area contributed by atoms with Crippen LogP contribution in [0, 0.1) is 6.92 Å². The third-order valence-corrected chi connectivity index (χ3v) is 5.32. The van der Waals surface area contributed by atoms with Gasteiger partial charge in [-0.15, -0.1) is 0 Å². The van der Waals surface area contributed by atoms with Gasteiger partial charge in [0, 0.05) is 51.2 Å². The molecule has 1 aliphatic heterocycles. The van der Waals surface area contributed by atoms with Crippen molar-refractivity contribution in [2.45, 2.75) is 20.4 Å². The van der Waals surface area contributed by atoms with E-state index in [4.69, 9.17) is 9.72 Å². The lowest BCUT2D eigenvalue weighted by molar-refractivity contribution is 0.168. The van der Waals surface area contributed by atoms with Crippen LogP contribution in [0.15, 0.2) is 47.5 Å². The Morgan fingerprint density at radius 1 is 1.22 bits per heavy atom. The number of aromatic amines is 1. The molecule has 32 heavy (non-hydrogen) atoms. The van der Waals surface area contributed by atoms with Gasteiger partial charge in [-0.1, -0.05) is 0 Å². The number of piperazine rings is 1. The highest BCUT2D eigenvalue weighted by Gasteiger charge is 2.20. The van der Waals surface area contributed by atoms with Crippen molar-refractivity contribution in [3.05, 3.63) is 64.3 Å². The Hall–Kier alpha value is -3.66. The summed E-state index contributed by atoms with van der Waals surface area (Å²) in [6, 6.07) is 9.28. The standard InChI is InChI=1S/C22H27N7O3/c1-3-32-22(31)26-19-13-17(14-21(30)25-19)15-27-9-11-28(12-10-27)18-5-6-20(24-16(18)2)29-8-4-7-23-29/h4-8,13-14H,3,9-12,15H2,1-2H3,(H2,25,26,30,31). The van der Waals surface area contributed by atoms with Gasteiger partial charge in [0.2, 0.25) is 5.56 Å². The number of aryl methyl sites for hydroxylation is 1. The van der Waals surface area contributed by atoms with E-state index in [1.165, 1.54) is 0 Å². The number of aromatic nitrogens is 4. The number of rotatable bonds is 6. The average molecular weight is 438 g/mol. The molecule has 10 heteroatoms. The van der Waals surface area contributed by atoms with Gasteiger partial charge in [-0.2, -0.15) is 5.10 Å². The van der Waals surface area contributed by atoms with Crippen LogP contribution in [0.2, 0.25) is 0 Å². The first-order chi connectivity index (χ1) is 15.5. The number of carbonyl (C=O) groups is 1. The van der Waals surface area contributed by atoms with Crippen LogP contribution in [0.5, 0.6) is 0 Å². The summed E-state index contributed by atoms with van der Waals surface area (Å²) in [4.78, 5) is 35.6. The number of amides is 1. The van der Waals surface area contributed by atoms with E-state index in [9.17, 15) is 9.59 Å². The van der Waals surface area contributed by atoms with Crippen LogP contribution in [0.4, 0.5) is 16.3 Å². The number of pyridine rings is 2. The number of H-pyrrole nitrogens is 1. The SMILES string of the molecule is CCOC(=O)Nc1cc(CN2CCN(c3ccc(-n4cccn4)nc3C)CC2)cc(=O)[nH]1. The van der Waals surface area contributed by atoms with E-state index in [-0.39, 0.29) is 12.2 Å². The van der Waals surface area contributed by atoms with Crippen LogP contribution >= 0.6 is 0 Å². The molecule has 2 N–H and O–H groups in total. The van der Waals surface area contributed by atoms with Crippen LogP contribution in [0.3, 0.4) is 0 Å². The maximum atomic E-state index is 12.0.